The first-order valence-corrected chi connectivity index (χ1v) is 6.17. The van der Waals surface area contributed by atoms with Gasteiger partial charge in [0, 0.05) is 13.2 Å². The maximum absolute atomic E-state index is 12.4. The van der Waals surface area contributed by atoms with Crippen LogP contribution in [0.25, 0.3) is 0 Å². The summed E-state index contributed by atoms with van der Waals surface area (Å²) in [6.07, 6.45) is -0.920. The molecule has 0 saturated heterocycles. The van der Waals surface area contributed by atoms with E-state index in [2.05, 4.69) is 0 Å². The summed E-state index contributed by atoms with van der Waals surface area (Å²) in [7, 11) is 3.05. The van der Waals surface area contributed by atoms with Gasteiger partial charge in [-0.3, -0.25) is 4.79 Å². The molecular weight excluding hydrogens is 248 g/mol. The fourth-order valence-corrected chi connectivity index (χ4v) is 1.64. The highest BCUT2D eigenvalue weighted by molar-refractivity contribution is 6.01. The van der Waals surface area contributed by atoms with Crippen molar-refractivity contribution in [2.24, 2.45) is 0 Å². The first-order valence-electron chi connectivity index (χ1n) is 6.17. The molecule has 1 aromatic rings. The lowest BCUT2D eigenvalue weighted by Gasteiger charge is -2.17. The van der Waals surface area contributed by atoms with Gasteiger partial charge in [0.1, 0.15) is 11.5 Å². The monoisotopic (exact) mass is 268 g/mol. The molecule has 19 heavy (non-hydrogen) atoms. The summed E-state index contributed by atoms with van der Waals surface area (Å²) in [6, 6.07) is 5.03. The lowest BCUT2D eigenvalue weighted by Crippen LogP contribution is -2.28. The second kappa shape index (κ2) is 7.76. The molecule has 5 heteroatoms. The minimum Gasteiger partial charge on any atom is -0.497 e. The molecule has 0 atom stereocenters. The third-order valence-corrected chi connectivity index (χ3v) is 2.52. The van der Waals surface area contributed by atoms with Gasteiger partial charge < -0.3 is 18.9 Å². The summed E-state index contributed by atoms with van der Waals surface area (Å²) in [5.74, 6) is 0.769. The predicted molar refractivity (Wildman–Crippen MR) is 70.9 cm³/mol. The zero-order valence-electron chi connectivity index (χ0n) is 11.8. The molecule has 106 valence electrons. The van der Waals surface area contributed by atoms with Crippen molar-refractivity contribution in [2.45, 2.75) is 20.1 Å². The molecule has 0 aliphatic heterocycles. The number of Topliss-reactive ketones (excluding diaryl/α,β-unsaturated/α-hetero) is 1. The first-order chi connectivity index (χ1) is 9.17. The van der Waals surface area contributed by atoms with E-state index in [9.17, 15) is 4.79 Å². The number of carbonyl (C=O) groups excluding carboxylic acids is 1. The molecule has 0 aromatic heterocycles. The van der Waals surface area contributed by atoms with Gasteiger partial charge in [0.2, 0.25) is 12.1 Å². The molecule has 1 aromatic carbocycles. The Morgan fingerprint density at radius 3 is 2.21 bits per heavy atom. The average Bonchev–Trinajstić information content (AvgIpc) is 2.45. The van der Waals surface area contributed by atoms with E-state index < -0.39 is 6.29 Å². The standard InChI is InChI=1S/C14H20O5/c1-5-18-14(19-6-2)13(15)11-9-10(16-3)7-8-12(11)17-4/h7-9,14H,5-6H2,1-4H3. The third-order valence-electron chi connectivity index (χ3n) is 2.52. The number of hydrogen-bond acceptors (Lipinski definition) is 5. The Balaban J connectivity index is 3.06. The highest BCUT2D eigenvalue weighted by Gasteiger charge is 2.24. The molecule has 1 rings (SSSR count). The molecule has 0 amide bonds. The Kier molecular flexibility index (Phi) is 6.32. The van der Waals surface area contributed by atoms with Crippen LogP contribution in [0.2, 0.25) is 0 Å². The lowest BCUT2D eigenvalue weighted by molar-refractivity contribution is -0.107. The number of ketones is 1. The van der Waals surface area contributed by atoms with Crippen LogP contribution in [0.1, 0.15) is 24.2 Å². The van der Waals surface area contributed by atoms with Crippen molar-refractivity contribution in [3.05, 3.63) is 23.8 Å². The summed E-state index contributed by atoms with van der Waals surface area (Å²) < 4.78 is 20.9. The van der Waals surface area contributed by atoms with Crippen molar-refractivity contribution < 1.29 is 23.7 Å². The van der Waals surface area contributed by atoms with Gasteiger partial charge in [-0.1, -0.05) is 0 Å². The maximum atomic E-state index is 12.4. The van der Waals surface area contributed by atoms with Crippen molar-refractivity contribution in [1.82, 2.24) is 0 Å². The number of ether oxygens (including phenoxy) is 4. The molecule has 0 fully saturated rings. The van der Waals surface area contributed by atoms with Crippen LogP contribution in [0, 0.1) is 0 Å². The van der Waals surface area contributed by atoms with E-state index in [1.807, 2.05) is 13.8 Å². The van der Waals surface area contributed by atoms with Crippen LogP contribution in [0.4, 0.5) is 0 Å². The van der Waals surface area contributed by atoms with Gasteiger partial charge >= 0.3 is 0 Å². The molecule has 5 nitrogen and oxygen atoms in total. The first kappa shape index (κ1) is 15.5. The van der Waals surface area contributed by atoms with Crippen molar-refractivity contribution in [1.29, 1.82) is 0 Å². The topological polar surface area (TPSA) is 54.0 Å². The highest BCUT2D eigenvalue weighted by atomic mass is 16.7. The summed E-state index contributed by atoms with van der Waals surface area (Å²) in [4.78, 5) is 12.4. The summed E-state index contributed by atoms with van der Waals surface area (Å²) >= 11 is 0. The van der Waals surface area contributed by atoms with Crippen LogP contribution in [0.5, 0.6) is 11.5 Å². The van der Waals surface area contributed by atoms with Crippen LogP contribution in [0.15, 0.2) is 18.2 Å². The Morgan fingerprint density at radius 2 is 1.74 bits per heavy atom. The number of methoxy groups -OCH3 is 2. The quantitative estimate of drug-likeness (QED) is 0.535. The van der Waals surface area contributed by atoms with E-state index in [0.717, 1.165) is 0 Å². The third kappa shape index (κ3) is 3.94. The van der Waals surface area contributed by atoms with Crippen molar-refractivity contribution in [3.63, 3.8) is 0 Å². The van der Waals surface area contributed by atoms with E-state index in [4.69, 9.17) is 18.9 Å². The predicted octanol–water partition coefficient (Wildman–Crippen LogP) is 2.29. The average molecular weight is 268 g/mol. The zero-order valence-corrected chi connectivity index (χ0v) is 11.8. The molecular formula is C14H20O5. The summed E-state index contributed by atoms with van der Waals surface area (Å²) in [5.41, 5.74) is 0.383. The number of hydrogen-bond donors (Lipinski definition) is 0. The van der Waals surface area contributed by atoms with Crippen molar-refractivity contribution in [2.75, 3.05) is 27.4 Å². The SMILES string of the molecule is CCOC(OCC)C(=O)c1cc(OC)ccc1OC. The minimum absolute atomic E-state index is 0.278. The number of rotatable bonds is 8. The largest absolute Gasteiger partial charge is 0.497 e. The van der Waals surface area contributed by atoms with Gasteiger partial charge in [0.25, 0.3) is 0 Å². The van der Waals surface area contributed by atoms with Gasteiger partial charge in [-0.25, -0.2) is 0 Å². The lowest BCUT2D eigenvalue weighted by atomic mass is 10.1. The number of benzene rings is 1. The van der Waals surface area contributed by atoms with E-state index in [0.29, 0.717) is 30.3 Å². The molecule has 0 radical (unpaired) electrons. The minimum atomic E-state index is -0.920. The van der Waals surface area contributed by atoms with E-state index in [-0.39, 0.29) is 5.78 Å². The molecule has 0 aliphatic rings. The Labute approximate surface area is 113 Å². The Bertz CT molecular complexity index is 410. The van der Waals surface area contributed by atoms with Crippen LogP contribution in [0.3, 0.4) is 0 Å². The smallest absolute Gasteiger partial charge is 0.222 e. The Morgan fingerprint density at radius 1 is 1.11 bits per heavy atom. The maximum Gasteiger partial charge on any atom is 0.222 e. The molecule has 0 bridgehead atoms. The van der Waals surface area contributed by atoms with Crippen LogP contribution < -0.4 is 9.47 Å². The van der Waals surface area contributed by atoms with E-state index >= 15 is 0 Å². The van der Waals surface area contributed by atoms with Crippen molar-refractivity contribution in [3.8, 4) is 11.5 Å². The van der Waals surface area contributed by atoms with Gasteiger partial charge in [-0.15, -0.1) is 0 Å². The molecule has 0 aliphatic carbocycles. The van der Waals surface area contributed by atoms with Crippen LogP contribution in [-0.2, 0) is 9.47 Å². The van der Waals surface area contributed by atoms with Crippen molar-refractivity contribution >= 4 is 5.78 Å². The molecule has 0 unspecified atom stereocenters. The second-order valence-electron chi connectivity index (χ2n) is 3.67. The normalized spacial score (nSPS) is 10.6. The fraction of sp³-hybridized carbons (Fsp3) is 0.500. The van der Waals surface area contributed by atoms with Crippen LogP contribution in [-0.4, -0.2) is 39.5 Å². The molecule has 0 spiro atoms. The summed E-state index contributed by atoms with van der Waals surface area (Å²) in [6.45, 7) is 4.40. The van der Waals surface area contributed by atoms with Gasteiger partial charge in [0.05, 0.1) is 19.8 Å². The Hall–Kier alpha value is -1.59. The van der Waals surface area contributed by atoms with Gasteiger partial charge in [0.15, 0.2) is 0 Å². The summed E-state index contributed by atoms with van der Waals surface area (Å²) in [5, 5.41) is 0. The molecule has 0 heterocycles. The van der Waals surface area contributed by atoms with Gasteiger partial charge in [-0.2, -0.15) is 0 Å². The van der Waals surface area contributed by atoms with Crippen LogP contribution >= 0.6 is 0 Å². The fourth-order valence-electron chi connectivity index (χ4n) is 1.64. The molecule has 0 N–H and O–H groups in total. The zero-order chi connectivity index (χ0) is 14.3. The van der Waals surface area contributed by atoms with Gasteiger partial charge in [-0.05, 0) is 32.0 Å². The van der Waals surface area contributed by atoms with E-state index in [1.165, 1.54) is 7.11 Å². The van der Waals surface area contributed by atoms with E-state index in [1.54, 1.807) is 25.3 Å². The molecule has 0 saturated carbocycles. The second-order valence-corrected chi connectivity index (χ2v) is 3.67. The highest BCUT2D eigenvalue weighted by Crippen LogP contribution is 2.26. The number of carbonyl (C=O) groups is 1.